The number of ether oxygens (including phenoxy) is 2. The predicted octanol–water partition coefficient (Wildman–Crippen LogP) is 6.97. The zero-order chi connectivity index (χ0) is 40.4. The predicted molar refractivity (Wildman–Crippen MR) is 217 cm³/mol. The largest absolute Gasteiger partial charge is 0.469 e. The van der Waals surface area contributed by atoms with Crippen LogP contribution in [0.15, 0.2) is 35.7 Å². The van der Waals surface area contributed by atoms with E-state index in [2.05, 4.69) is 50.6 Å². The Morgan fingerprint density at radius 3 is 2.15 bits per heavy atom. The molecule has 3 N–H and O–H groups in total. The van der Waals surface area contributed by atoms with Crippen LogP contribution in [-0.2, 0) is 30.3 Å². The zero-order valence-corrected chi connectivity index (χ0v) is 35.6. The number of esters is 1. The van der Waals surface area contributed by atoms with Crippen molar-refractivity contribution in [1.82, 2.24) is 25.8 Å². The third-order valence-electron chi connectivity index (χ3n) is 9.98. The van der Waals surface area contributed by atoms with Gasteiger partial charge in [0, 0.05) is 37.0 Å². The first-order chi connectivity index (χ1) is 25.7. The summed E-state index contributed by atoms with van der Waals surface area (Å²) in [6.45, 7) is 19.4. The van der Waals surface area contributed by atoms with Crippen molar-refractivity contribution < 1.29 is 28.7 Å². The lowest BCUT2D eigenvalue weighted by Gasteiger charge is -2.39. The Hall–Kier alpha value is -3.35. The number of carbonyl (C=O) groups excluding carboxylic acids is 4. The Bertz CT molecular complexity index is 1420. The van der Waals surface area contributed by atoms with E-state index in [1.165, 1.54) is 18.4 Å². The molecule has 12 heteroatoms. The highest BCUT2D eigenvalue weighted by atomic mass is 32.1. The van der Waals surface area contributed by atoms with Crippen LogP contribution < -0.4 is 16.0 Å². The fraction of sp³-hybridized carbons (Fsp3) is 0.690. The molecule has 2 rings (SSSR count). The first-order valence-electron chi connectivity index (χ1n) is 20.0. The molecular weight excluding hydrogens is 703 g/mol. The Morgan fingerprint density at radius 1 is 0.907 bits per heavy atom. The average Bonchev–Trinajstić information content (AvgIpc) is 3.65. The van der Waals surface area contributed by atoms with Gasteiger partial charge in [-0.05, 0) is 62.5 Å². The van der Waals surface area contributed by atoms with Crippen molar-refractivity contribution >= 4 is 35.0 Å². The molecule has 0 fully saturated rings. The lowest BCUT2D eigenvalue weighted by atomic mass is 9.92. The number of nitrogens with zero attached hydrogens (tertiary/aromatic N) is 2. The Balaban J connectivity index is 2.40. The van der Waals surface area contributed by atoms with E-state index in [9.17, 15) is 19.2 Å². The molecule has 54 heavy (non-hydrogen) atoms. The first-order valence-corrected chi connectivity index (χ1v) is 20.9. The van der Waals surface area contributed by atoms with Crippen molar-refractivity contribution in [3.8, 4) is 0 Å². The van der Waals surface area contributed by atoms with Gasteiger partial charge in [-0.2, -0.15) is 0 Å². The van der Waals surface area contributed by atoms with Crippen molar-refractivity contribution in [2.45, 2.75) is 138 Å². The number of thiazole rings is 1. The maximum absolute atomic E-state index is 14.6. The summed E-state index contributed by atoms with van der Waals surface area (Å²) < 4.78 is 11.4. The molecule has 2 aromatic rings. The third-order valence-corrected chi connectivity index (χ3v) is 10.9. The van der Waals surface area contributed by atoms with E-state index >= 15 is 0 Å². The minimum Gasteiger partial charge on any atom is -0.469 e. The first kappa shape index (κ1) is 46.8. The molecule has 1 heterocycles. The maximum atomic E-state index is 14.6. The summed E-state index contributed by atoms with van der Waals surface area (Å²) in [4.78, 5) is 60.8. The molecule has 1 aromatic heterocycles. The van der Waals surface area contributed by atoms with Crippen LogP contribution in [0.1, 0.15) is 128 Å². The highest BCUT2D eigenvalue weighted by Gasteiger charge is 2.37. The number of hydrogen-bond donors (Lipinski definition) is 3. The molecule has 1 aromatic carbocycles. The molecule has 7 atom stereocenters. The van der Waals surface area contributed by atoms with Gasteiger partial charge >= 0.3 is 5.97 Å². The van der Waals surface area contributed by atoms with Gasteiger partial charge in [0.1, 0.15) is 22.8 Å². The molecule has 0 aliphatic carbocycles. The summed E-state index contributed by atoms with van der Waals surface area (Å²) in [5.74, 6) is -0.974. The van der Waals surface area contributed by atoms with Crippen molar-refractivity contribution in [3.63, 3.8) is 0 Å². The number of aromatic nitrogens is 1. The summed E-state index contributed by atoms with van der Waals surface area (Å²) >= 11 is 1.37. The van der Waals surface area contributed by atoms with E-state index in [-0.39, 0.29) is 53.3 Å². The van der Waals surface area contributed by atoms with Gasteiger partial charge in [0.05, 0.1) is 19.1 Å². The maximum Gasteiger partial charge on any atom is 0.308 e. The summed E-state index contributed by atoms with van der Waals surface area (Å²) in [6.07, 6.45) is 3.95. The topological polar surface area (TPSA) is 139 Å². The number of nitrogens with one attached hydrogen (secondary N) is 3. The summed E-state index contributed by atoms with van der Waals surface area (Å²) in [7, 11) is 3.15. The van der Waals surface area contributed by atoms with Crippen LogP contribution in [0.3, 0.4) is 0 Å². The molecule has 0 unspecified atom stereocenters. The number of methoxy groups -OCH3 is 1. The second kappa shape index (κ2) is 24.2. The van der Waals surface area contributed by atoms with E-state index in [1.54, 1.807) is 19.4 Å². The van der Waals surface area contributed by atoms with Gasteiger partial charge in [-0.15, -0.1) is 11.3 Å². The molecule has 0 saturated heterocycles. The standard InChI is InChI=1S/C42H69N5O6S/c1-12-20-47(41(50)37(29(8)14-3)46-38(48)33(43-10)22-27(4)5)35(28(6)7)25-36(53-21-13-2)40-45-34(26-54-40)39(49)44-32(23-30(9)42(51)52-11)24-31-18-16-15-17-19-31/h15-19,26-30,32-33,35-37,43H,12-14,20-25H2,1-11H3,(H,44,49)(H,46,48)/t29-,30-,32+,33-,35+,36+,37-/m0/s1. The molecule has 0 radical (unpaired) electrons. The summed E-state index contributed by atoms with van der Waals surface area (Å²) in [5.41, 5.74) is 1.33. The highest BCUT2D eigenvalue weighted by Crippen LogP contribution is 2.32. The molecular formula is C42H69N5O6S. The second-order valence-corrected chi connectivity index (χ2v) is 16.3. The molecule has 0 spiro atoms. The average molecular weight is 772 g/mol. The smallest absolute Gasteiger partial charge is 0.308 e. The SMILES string of the molecule is CCCO[C@H](C[C@H](C(C)C)N(CCC)C(=O)[C@@H](NC(=O)[C@H](CC(C)C)NC)[C@@H](C)CC)c1nc(C(=O)N[C@@H](Cc2ccccc2)C[C@H](C)C(=O)OC)cs1. The van der Waals surface area contributed by atoms with Crippen molar-refractivity contribution in [2.24, 2.45) is 23.7 Å². The van der Waals surface area contributed by atoms with Gasteiger partial charge in [-0.1, -0.05) is 99.1 Å². The number of rotatable bonds is 25. The van der Waals surface area contributed by atoms with Gasteiger partial charge < -0.3 is 30.3 Å². The fourth-order valence-corrected chi connectivity index (χ4v) is 7.58. The number of likely N-dealkylation sites (N-methyl/N-ethyl adjacent to an activating group) is 1. The molecule has 0 bridgehead atoms. The second-order valence-electron chi connectivity index (χ2n) is 15.4. The Morgan fingerprint density at radius 2 is 1.59 bits per heavy atom. The lowest BCUT2D eigenvalue weighted by Crippen LogP contribution is -2.58. The van der Waals surface area contributed by atoms with E-state index in [0.717, 1.165) is 24.8 Å². The van der Waals surface area contributed by atoms with Gasteiger partial charge in [-0.3, -0.25) is 19.2 Å². The Kier molecular flexibility index (Phi) is 21.0. The number of amides is 3. The minimum absolute atomic E-state index is 0.0707. The van der Waals surface area contributed by atoms with Crippen LogP contribution >= 0.6 is 11.3 Å². The van der Waals surface area contributed by atoms with Crippen LogP contribution in [0.4, 0.5) is 0 Å². The third kappa shape index (κ3) is 14.7. The van der Waals surface area contributed by atoms with E-state index in [4.69, 9.17) is 14.5 Å². The van der Waals surface area contributed by atoms with Crippen LogP contribution in [-0.4, -0.2) is 85.1 Å². The normalized spacial score (nSPS) is 15.5. The van der Waals surface area contributed by atoms with Crippen LogP contribution in [0.2, 0.25) is 0 Å². The molecule has 3 amide bonds. The van der Waals surface area contributed by atoms with Crippen molar-refractivity contribution in [2.75, 3.05) is 27.3 Å². The van der Waals surface area contributed by atoms with E-state index in [1.807, 2.05) is 56.0 Å². The molecule has 0 aliphatic heterocycles. The summed E-state index contributed by atoms with van der Waals surface area (Å²) in [6, 6.07) is 8.25. The van der Waals surface area contributed by atoms with Crippen LogP contribution in [0.25, 0.3) is 0 Å². The molecule has 11 nitrogen and oxygen atoms in total. The fourth-order valence-electron chi connectivity index (χ4n) is 6.72. The number of benzene rings is 1. The van der Waals surface area contributed by atoms with E-state index < -0.39 is 24.1 Å². The van der Waals surface area contributed by atoms with Gasteiger partial charge in [0.15, 0.2) is 0 Å². The molecule has 0 saturated carbocycles. The van der Waals surface area contributed by atoms with Gasteiger partial charge in [0.25, 0.3) is 5.91 Å². The van der Waals surface area contributed by atoms with Crippen LogP contribution in [0.5, 0.6) is 0 Å². The van der Waals surface area contributed by atoms with Crippen molar-refractivity contribution in [1.29, 1.82) is 0 Å². The quantitative estimate of drug-likeness (QED) is 0.0921. The highest BCUT2D eigenvalue weighted by molar-refractivity contribution is 7.09. The lowest BCUT2D eigenvalue weighted by molar-refractivity contribution is -0.145. The zero-order valence-electron chi connectivity index (χ0n) is 34.8. The Labute approximate surface area is 329 Å². The van der Waals surface area contributed by atoms with E-state index in [0.29, 0.717) is 49.8 Å². The van der Waals surface area contributed by atoms with Crippen molar-refractivity contribution in [3.05, 3.63) is 52.0 Å². The minimum atomic E-state index is -0.672. The number of hydrogen-bond acceptors (Lipinski definition) is 9. The molecule has 0 aliphatic rings. The summed E-state index contributed by atoms with van der Waals surface area (Å²) in [5, 5.41) is 11.8. The van der Waals surface area contributed by atoms with Gasteiger partial charge in [-0.25, -0.2) is 4.98 Å². The number of carbonyl (C=O) groups is 4. The van der Waals surface area contributed by atoms with Crippen LogP contribution in [0, 0.1) is 23.7 Å². The molecule has 304 valence electrons. The monoisotopic (exact) mass is 771 g/mol. The van der Waals surface area contributed by atoms with Gasteiger partial charge in [0.2, 0.25) is 11.8 Å².